The van der Waals surface area contributed by atoms with E-state index in [1.165, 1.54) is 5.56 Å². The number of pyridine rings is 1. The highest BCUT2D eigenvalue weighted by Crippen LogP contribution is 2.22. The minimum atomic E-state index is -0.139. The van der Waals surface area contributed by atoms with Crippen LogP contribution in [0.2, 0.25) is 0 Å². The number of nitrogens with zero attached hydrogens (tertiary/aromatic N) is 1. The molecule has 24 heavy (non-hydrogen) atoms. The summed E-state index contributed by atoms with van der Waals surface area (Å²) >= 11 is 0. The molecule has 1 unspecified atom stereocenters. The lowest BCUT2D eigenvalue weighted by atomic mass is 9.98. The molecule has 0 spiro atoms. The number of unbranched alkanes of at least 4 members (excludes halogenated alkanes) is 2. The molecule has 0 radical (unpaired) electrons. The molecule has 128 valence electrons. The van der Waals surface area contributed by atoms with Gasteiger partial charge in [0.15, 0.2) is 0 Å². The number of hydrogen-bond donors (Lipinski definition) is 1. The van der Waals surface area contributed by atoms with E-state index in [0.29, 0.717) is 6.42 Å². The summed E-state index contributed by atoms with van der Waals surface area (Å²) in [6.45, 7) is 2.81. The zero-order chi connectivity index (χ0) is 17.2. The van der Waals surface area contributed by atoms with Crippen LogP contribution in [0.1, 0.15) is 48.4 Å². The van der Waals surface area contributed by atoms with Crippen LogP contribution in [0.25, 0.3) is 0 Å². The largest absolute Gasteiger partial charge is 0.385 e. The third-order valence-corrected chi connectivity index (χ3v) is 4.01. The Labute approximate surface area is 144 Å². The number of benzene rings is 1. The van der Waals surface area contributed by atoms with Crippen molar-refractivity contribution < 1.29 is 9.53 Å². The number of amides is 1. The average Bonchev–Trinajstić information content (AvgIpc) is 2.61. The van der Waals surface area contributed by atoms with E-state index in [-0.39, 0.29) is 11.9 Å². The van der Waals surface area contributed by atoms with Crippen molar-refractivity contribution in [3.8, 4) is 0 Å². The number of ether oxygens (including phenoxy) is 1. The Bertz CT molecular complexity index is 611. The first kappa shape index (κ1) is 18.1. The van der Waals surface area contributed by atoms with Gasteiger partial charge >= 0.3 is 0 Å². The Kier molecular flexibility index (Phi) is 7.43. The summed E-state index contributed by atoms with van der Waals surface area (Å²) in [4.78, 5) is 16.4. The number of hydrogen-bond acceptors (Lipinski definition) is 3. The fourth-order valence-electron chi connectivity index (χ4n) is 2.62. The Morgan fingerprint density at radius 3 is 2.38 bits per heavy atom. The first-order valence-corrected chi connectivity index (χ1v) is 8.45. The van der Waals surface area contributed by atoms with Crippen molar-refractivity contribution >= 4 is 5.91 Å². The van der Waals surface area contributed by atoms with E-state index in [1.807, 2.05) is 12.1 Å². The van der Waals surface area contributed by atoms with Crippen LogP contribution in [0.4, 0.5) is 0 Å². The lowest BCUT2D eigenvalue weighted by Crippen LogP contribution is -2.29. The molecule has 0 aliphatic rings. The van der Waals surface area contributed by atoms with Crippen LogP contribution in [0.3, 0.4) is 0 Å². The highest BCUT2D eigenvalue weighted by atomic mass is 16.5. The topological polar surface area (TPSA) is 51.2 Å². The van der Waals surface area contributed by atoms with E-state index in [9.17, 15) is 4.79 Å². The summed E-state index contributed by atoms with van der Waals surface area (Å²) in [5, 5.41) is 3.16. The van der Waals surface area contributed by atoms with Crippen molar-refractivity contribution in [3.63, 3.8) is 0 Å². The van der Waals surface area contributed by atoms with Gasteiger partial charge in [-0.15, -0.1) is 0 Å². The van der Waals surface area contributed by atoms with Crippen molar-refractivity contribution in [1.82, 2.24) is 10.3 Å². The molecule has 0 aliphatic heterocycles. The molecule has 0 fully saturated rings. The molecule has 2 aromatic rings. The fraction of sp³-hybridized carbons (Fsp3) is 0.400. The van der Waals surface area contributed by atoms with Crippen LogP contribution >= 0.6 is 0 Å². The number of nitrogens with one attached hydrogen (secondary N) is 1. The van der Waals surface area contributed by atoms with Gasteiger partial charge in [-0.2, -0.15) is 0 Å². The molecule has 1 heterocycles. The van der Waals surface area contributed by atoms with Crippen LogP contribution < -0.4 is 5.32 Å². The van der Waals surface area contributed by atoms with Crippen LogP contribution in [0.5, 0.6) is 0 Å². The standard InChI is InChI=1S/C20H26N2O2/c1-16-7-9-17(10-8-16)20(18-11-13-21-14-12-18)22-19(23)6-4-3-5-15-24-2/h7-14,20H,3-6,15H2,1-2H3,(H,22,23). The number of rotatable bonds is 9. The van der Waals surface area contributed by atoms with Gasteiger partial charge in [-0.25, -0.2) is 0 Å². The molecule has 0 saturated carbocycles. The van der Waals surface area contributed by atoms with Crippen LogP contribution in [-0.4, -0.2) is 24.6 Å². The average molecular weight is 326 g/mol. The van der Waals surface area contributed by atoms with Gasteiger partial charge in [0, 0.05) is 32.5 Å². The quantitative estimate of drug-likeness (QED) is 0.713. The fourth-order valence-corrected chi connectivity index (χ4v) is 2.62. The molecule has 1 N–H and O–H groups in total. The number of carbonyl (C=O) groups excluding carboxylic acids is 1. The van der Waals surface area contributed by atoms with Crippen LogP contribution in [0.15, 0.2) is 48.8 Å². The van der Waals surface area contributed by atoms with Crippen LogP contribution in [-0.2, 0) is 9.53 Å². The van der Waals surface area contributed by atoms with E-state index in [2.05, 4.69) is 41.5 Å². The van der Waals surface area contributed by atoms with Crippen molar-refractivity contribution in [3.05, 3.63) is 65.5 Å². The minimum Gasteiger partial charge on any atom is -0.385 e. The number of methoxy groups -OCH3 is 1. The van der Waals surface area contributed by atoms with Crippen molar-refractivity contribution in [1.29, 1.82) is 0 Å². The Morgan fingerprint density at radius 1 is 1.04 bits per heavy atom. The highest BCUT2D eigenvalue weighted by Gasteiger charge is 2.16. The Morgan fingerprint density at radius 2 is 1.71 bits per heavy atom. The molecule has 0 bridgehead atoms. The Balaban J connectivity index is 2.01. The van der Waals surface area contributed by atoms with Gasteiger partial charge in [0.2, 0.25) is 5.91 Å². The SMILES string of the molecule is COCCCCCC(=O)NC(c1ccncc1)c1ccc(C)cc1. The van der Waals surface area contributed by atoms with E-state index < -0.39 is 0 Å². The van der Waals surface area contributed by atoms with Gasteiger partial charge < -0.3 is 10.1 Å². The molecule has 4 heteroatoms. The smallest absolute Gasteiger partial charge is 0.220 e. The highest BCUT2D eigenvalue weighted by molar-refractivity contribution is 5.77. The summed E-state index contributed by atoms with van der Waals surface area (Å²) in [5.74, 6) is 0.0785. The predicted molar refractivity (Wildman–Crippen MR) is 95.7 cm³/mol. The molecule has 2 rings (SSSR count). The maximum absolute atomic E-state index is 12.3. The van der Waals surface area contributed by atoms with E-state index >= 15 is 0 Å². The maximum Gasteiger partial charge on any atom is 0.220 e. The normalized spacial score (nSPS) is 11.9. The van der Waals surface area contributed by atoms with Crippen molar-refractivity contribution in [2.45, 2.75) is 38.6 Å². The van der Waals surface area contributed by atoms with Gasteiger partial charge in [0.05, 0.1) is 6.04 Å². The monoisotopic (exact) mass is 326 g/mol. The second-order valence-corrected chi connectivity index (χ2v) is 6.00. The third-order valence-electron chi connectivity index (χ3n) is 4.01. The van der Waals surface area contributed by atoms with Gasteiger partial charge in [-0.1, -0.05) is 36.2 Å². The lowest BCUT2D eigenvalue weighted by molar-refractivity contribution is -0.121. The summed E-state index contributed by atoms with van der Waals surface area (Å²) in [7, 11) is 1.70. The maximum atomic E-state index is 12.3. The molecule has 1 aromatic carbocycles. The molecule has 1 aromatic heterocycles. The number of carbonyl (C=O) groups is 1. The van der Waals surface area contributed by atoms with Gasteiger partial charge in [-0.05, 0) is 43.0 Å². The van der Waals surface area contributed by atoms with Gasteiger partial charge in [0.25, 0.3) is 0 Å². The summed E-state index contributed by atoms with van der Waals surface area (Å²) in [6.07, 6.45) is 6.94. The zero-order valence-corrected chi connectivity index (χ0v) is 14.5. The first-order chi connectivity index (χ1) is 11.7. The molecule has 1 amide bonds. The molecular weight excluding hydrogens is 300 g/mol. The molecule has 4 nitrogen and oxygen atoms in total. The summed E-state index contributed by atoms with van der Waals surface area (Å²) < 4.78 is 5.03. The van der Waals surface area contributed by atoms with Crippen LogP contribution in [0, 0.1) is 6.92 Å². The van der Waals surface area contributed by atoms with Gasteiger partial charge in [-0.3, -0.25) is 9.78 Å². The lowest BCUT2D eigenvalue weighted by Gasteiger charge is -2.20. The summed E-state index contributed by atoms with van der Waals surface area (Å²) in [5.41, 5.74) is 3.33. The number of aryl methyl sites for hydroxylation is 1. The molecule has 0 saturated heterocycles. The summed E-state index contributed by atoms with van der Waals surface area (Å²) in [6, 6.07) is 12.0. The third kappa shape index (κ3) is 5.78. The zero-order valence-electron chi connectivity index (χ0n) is 14.5. The van der Waals surface area contributed by atoms with E-state index in [1.54, 1.807) is 19.5 Å². The Hall–Kier alpha value is -2.20. The molecule has 1 atom stereocenters. The first-order valence-electron chi connectivity index (χ1n) is 8.45. The number of aromatic nitrogens is 1. The second kappa shape index (κ2) is 9.83. The van der Waals surface area contributed by atoms with E-state index in [0.717, 1.165) is 37.0 Å². The molecule has 0 aliphatic carbocycles. The van der Waals surface area contributed by atoms with E-state index in [4.69, 9.17) is 4.74 Å². The predicted octanol–water partition coefficient (Wildman–Crippen LogP) is 3.80. The van der Waals surface area contributed by atoms with Crippen molar-refractivity contribution in [2.75, 3.05) is 13.7 Å². The van der Waals surface area contributed by atoms with Crippen molar-refractivity contribution in [2.24, 2.45) is 0 Å². The second-order valence-electron chi connectivity index (χ2n) is 6.00. The van der Waals surface area contributed by atoms with Gasteiger partial charge in [0.1, 0.15) is 0 Å². The minimum absolute atomic E-state index is 0.0785. The molecular formula is C20H26N2O2.